The van der Waals surface area contributed by atoms with Crippen molar-refractivity contribution in [1.82, 2.24) is 4.90 Å². The zero-order chi connectivity index (χ0) is 12.0. The number of nitrogens with zero attached hydrogens (tertiary/aromatic N) is 1. The van der Waals surface area contributed by atoms with E-state index in [0.717, 1.165) is 19.4 Å². The Bertz CT molecular complexity index is 210. The van der Waals surface area contributed by atoms with Crippen molar-refractivity contribution in [2.75, 3.05) is 6.54 Å². The van der Waals surface area contributed by atoms with Crippen molar-refractivity contribution >= 4 is 5.91 Å². The maximum Gasteiger partial charge on any atom is 0.222 e. The lowest BCUT2D eigenvalue weighted by molar-refractivity contribution is -0.134. The molecule has 0 spiro atoms. The Balaban J connectivity index is 2.41. The average Bonchev–Trinajstić information content (AvgIpc) is 2.29. The van der Waals surface area contributed by atoms with E-state index in [-0.39, 0.29) is 12.0 Å². The molecule has 94 valence electrons. The summed E-state index contributed by atoms with van der Waals surface area (Å²) in [6.07, 6.45) is 6.85. The topological polar surface area (TPSA) is 40.5 Å². The molecule has 1 fully saturated rings. The zero-order valence-corrected chi connectivity index (χ0v) is 10.6. The molecule has 0 bridgehead atoms. The molecule has 0 aromatic carbocycles. The van der Waals surface area contributed by atoms with E-state index in [0.29, 0.717) is 18.9 Å². The van der Waals surface area contributed by atoms with E-state index in [9.17, 15) is 9.90 Å². The zero-order valence-electron chi connectivity index (χ0n) is 10.6. The van der Waals surface area contributed by atoms with Gasteiger partial charge in [-0.15, -0.1) is 0 Å². The fourth-order valence-electron chi connectivity index (χ4n) is 2.51. The summed E-state index contributed by atoms with van der Waals surface area (Å²) in [5, 5.41) is 9.20. The van der Waals surface area contributed by atoms with Crippen molar-refractivity contribution < 1.29 is 9.90 Å². The molecule has 0 aromatic rings. The van der Waals surface area contributed by atoms with Gasteiger partial charge in [-0.3, -0.25) is 4.79 Å². The van der Waals surface area contributed by atoms with Crippen molar-refractivity contribution in [1.29, 1.82) is 0 Å². The maximum absolute atomic E-state index is 12.0. The Kier molecular flexibility index (Phi) is 5.81. The highest BCUT2D eigenvalue weighted by Crippen LogP contribution is 2.23. The molecule has 16 heavy (non-hydrogen) atoms. The standard InChI is InChI=1S/C13H25NO2/c1-3-14(12-7-5-4-6-8-12)13(16)10-9-11(2)15/h11-12,15H,3-10H2,1-2H3. The number of aliphatic hydroxyl groups excluding tert-OH is 1. The predicted octanol–water partition coefficient (Wildman–Crippen LogP) is 2.33. The number of hydrogen-bond acceptors (Lipinski definition) is 2. The molecule has 1 rings (SSSR count). The average molecular weight is 227 g/mol. The van der Waals surface area contributed by atoms with Crippen LogP contribution in [0.2, 0.25) is 0 Å². The Morgan fingerprint density at radius 2 is 2.00 bits per heavy atom. The lowest BCUT2D eigenvalue weighted by Gasteiger charge is -2.33. The van der Waals surface area contributed by atoms with E-state index in [2.05, 4.69) is 6.92 Å². The summed E-state index contributed by atoms with van der Waals surface area (Å²) in [6.45, 7) is 4.60. The monoisotopic (exact) mass is 227 g/mol. The van der Waals surface area contributed by atoms with Crippen LogP contribution in [0.3, 0.4) is 0 Å². The lowest BCUT2D eigenvalue weighted by atomic mass is 9.94. The second-order valence-electron chi connectivity index (χ2n) is 4.86. The van der Waals surface area contributed by atoms with E-state index >= 15 is 0 Å². The first kappa shape index (κ1) is 13.5. The summed E-state index contributed by atoms with van der Waals surface area (Å²) in [7, 11) is 0. The molecule has 0 heterocycles. The number of hydrogen-bond donors (Lipinski definition) is 1. The SMILES string of the molecule is CCN(C(=O)CCC(C)O)C1CCCCC1. The van der Waals surface area contributed by atoms with Gasteiger partial charge in [0.1, 0.15) is 0 Å². The first-order valence-electron chi connectivity index (χ1n) is 6.62. The number of aliphatic hydroxyl groups is 1. The number of rotatable bonds is 5. The van der Waals surface area contributed by atoms with Crippen LogP contribution >= 0.6 is 0 Å². The van der Waals surface area contributed by atoms with Crippen LogP contribution in [0.4, 0.5) is 0 Å². The molecule has 3 heteroatoms. The molecule has 0 saturated heterocycles. The molecule has 1 aliphatic rings. The molecule has 1 amide bonds. The molecule has 1 N–H and O–H groups in total. The minimum absolute atomic E-state index is 0.218. The quantitative estimate of drug-likeness (QED) is 0.783. The fourth-order valence-corrected chi connectivity index (χ4v) is 2.51. The summed E-state index contributed by atoms with van der Waals surface area (Å²) in [4.78, 5) is 14.0. The second-order valence-corrected chi connectivity index (χ2v) is 4.86. The van der Waals surface area contributed by atoms with Gasteiger partial charge in [0, 0.05) is 19.0 Å². The van der Waals surface area contributed by atoms with Gasteiger partial charge in [0.15, 0.2) is 0 Å². The highest BCUT2D eigenvalue weighted by Gasteiger charge is 2.23. The van der Waals surface area contributed by atoms with Crippen LogP contribution in [-0.2, 0) is 4.79 Å². The molecule has 1 aliphatic carbocycles. The lowest BCUT2D eigenvalue weighted by Crippen LogP contribution is -2.41. The fraction of sp³-hybridized carbons (Fsp3) is 0.923. The van der Waals surface area contributed by atoms with Gasteiger partial charge in [0.05, 0.1) is 6.10 Å². The molecule has 3 nitrogen and oxygen atoms in total. The van der Waals surface area contributed by atoms with Crippen LogP contribution in [0.1, 0.15) is 58.8 Å². The van der Waals surface area contributed by atoms with Gasteiger partial charge in [-0.25, -0.2) is 0 Å². The molecule has 1 unspecified atom stereocenters. The predicted molar refractivity (Wildman–Crippen MR) is 65.2 cm³/mol. The normalized spacial score (nSPS) is 19.4. The molecule has 0 radical (unpaired) electrons. The van der Waals surface area contributed by atoms with Gasteiger partial charge in [-0.05, 0) is 33.1 Å². The maximum atomic E-state index is 12.0. The Morgan fingerprint density at radius 3 is 2.50 bits per heavy atom. The van der Waals surface area contributed by atoms with Gasteiger partial charge in [0.25, 0.3) is 0 Å². The van der Waals surface area contributed by atoms with Crippen molar-refractivity contribution in [3.63, 3.8) is 0 Å². The van der Waals surface area contributed by atoms with Crippen LogP contribution in [0.5, 0.6) is 0 Å². The molecular formula is C13H25NO2. The van der Waals surface area contributed by atoms with Gasteiger partial charge >= 0.3 is 0 Å². The van der Waals surface area contributed by atoms with E-state index < -0.39 is 0 Å². The number of carbonyl (C=O) groups is 1. The van der Waals surface area contributed by atoms with Crippen molar-refractivity contribution in [3.8, 4) is 0 Å². The van der Waals surface area contributed by atoms with Gasteiger partial charge in [0.2, 0.25) is 5.91 Å². The van der Waals surface area contributed by atoms with Gasteiger partial charge in [-0.2, -0.15) is 0 Å². The Morgan fingerprint density at radius 1 is 1.38 bits per heavy atom. The van der Waals surface area contributed by atoms with Gasteiger partial charge < -0.3 is 10.0 Å². The minimum Gasteiger partial charge on any atom is -0.393 e. The first-order chi connectivity index (χ1) is 7.65. The summed E-state index contributed by atoms with van der Waals surface area (Å²) < 4.78 is 0. The van der Waals surface area contributed by atoms with E-state index in [1.165, 1.54) is 19.3 Å². The van der Waals surface area contributed by atoms with Crippen molar-refractivity contribution in [3.05, 3.63) is 0 Å². The first-order valence-corrected chi connectivity index (χ1v) is 6.62. The van der Waals surface area contributed by atoms with Crippen molar-refractivity contribution in [2.45, 2.75) is 70.9 Å². The van der Waals surface area contributed by atoms with Crippen LogP contribution < -0.4 is 0 Å². The van der Waals surface area contributed by atoms with E-state index in [4.69, 9.17) is 0 Å². The molecular weight excluding hydrogens is 202 g/mol. The second kappa shape index (κ2) is 6.89. The number of amides is 1. The summed E-state index contributed by atoms with van der Waals surface area (Å²) >= 11 is 0. The molecule has 0 aromatic heterocycles. The minimum atomic E-state index is -0.367. The van der Waals surface area contributed by atoms with Gasteiger partial charge in [-0.1, -0.05) is 19.3 Å². The highest BCUT2D eigenvalue weighted by atomic mass is 16.3. The summed E-state index contributed by atoms with van der Waals surface area (Å²) in [5.41, 5.74) is 0. The van der Waals surface area contributed by atoms with Crippen LogP contribution in [0.25, 0.3) is 0 Å². The third-order valence-corrected chi connectivity index (χ3v) is 3.45. The molecule has 0 aliphatic heterocycles. The molecule has 1 saturated carbocycles. The van der Waals surface area contributed by atoms with E-state index in [1.54, 1.807) is 6.92 Å². The number of carbonyl (C=O) groups excluding carboxylic acids is 1. The molecule has 1 atom stereocenters. The third kappa shape index (κ3) is 4.12. The van der Waals surface area contributed by atoms with Crippen LogP contribution in [0.15, 0.2) is 0 Å². The Hall–Kier alpha value is -0.570. The van der Waals surface area contributed by atoms with Crippen molar-refractivity contribution in [2.24, 2.45) is 0 Å². The van der Waals surface area contributed by atoms with Crippen LogP contribution in [0, 0.1) is 0 Å². The van der Waals surface area contributed by atoms with E-state index in [1.807, 2.05) is 4.90 Å². The third-order valence-electron chi connectivity index (χ3n) is 3.45. The summed E-state index contributed by atoms with van der Waals surface area (Å²) in [6, 6.07) is 0.459. The summed E-state index contributed by atoms with van der Waals surface area (Å²) in [5.74, 6) is 0.218. The largest absolute Gasteiger partial charge is 0.393 e. The van der Waals surface area contributed by atoms with Crippen LogP contribution in [-0.4, -0.2) is 34.6 Å². The smallest absolute Gasteiger partial charge is 0.222 e. The Labute approximate surface area is 98.8 Å². The highest BCUT2D eigenvalue weighted by molar-refractivity contribution is 5.76.